The zero-order chi connectivity index (χ0) is 13.7. The number of nitrogens with one attached hydrogen (secondary N) is 1. The molecule has 0 aliphatic carbocycles. The average molecular weight is 255 g/mol. The van der Waals surface area contributed by atoms with Gasteiger partial charge in [0.1, 0.15) is 6.04 Å². The van der Waals surface area contributed by atoms with Crippen LogP contribution in [0.25, 0.3) is 0 Å². The molecule has 0 unspecified atom stereocenters. The zero-order valence-electron chi connectivity index (χ0n) is 11.9. The van der Waals surface area contributed by atoms with E-state index in [1.807, 2.05) is 4.90 Å². The van der Waals surface area contributed by atoms with E-state index in [0.29, 0.717) is 12.3 Å². The highest BCUT2D eigenvalue weighted by Gasteiger charge is 2.27. The molecule has 1 atom stereocenters. The standard InChI is InChI=1S/C13H25N3O2/c1-10(2)9-12(14-11(3)17)13(18)16-7-5-15(4)6-8-16/h10,12H,5-9H2,1-4H3,(H,14,17)/t12-/m1/s1. The first-order chi connectivity index (χ1) is 8.40. The first-order valence-corrected chi connectivity index (χ1v) is 6.64. The van der Waals surface area contributed by atoms with Gasteiger partial charge in [-0.15, -0.1) is 0 Å². The maximum Gasteiger partial charge on any atom is 0.245 e. The number of rotatable bonds is 4. The lowest BCUT2D eigenvalue weighted by molar-refractivity contribution is -0.137. The van der Waals surface area contributed by atoms with E-state index >= 15 is 0 Å². The minimum atomic E-state index is -0.370. The van der Waals surface area contributed by atoms with Gasteiger partial charge in [-0.1, -0.05) is 13.8 Å². The van der Waals surface area contributed by atoms with Crippen LogP contribution in [0.1, 0.15) is 27.2 Å². The van der Waals surface area contributed by atoms with Gasteiger partial charge in [-0.3, -0.25) is 9.59 Å². The van der Waals surface area contributed by atoms with Gasteiger partial charge >= 0.3 is 0 Å². The summed E-state index contributed by atoms with van der Waals surface area (Å²) < 4.78 is 0. The van der Waals surface area contributed by atoms with E-state index in [4.69, 9.17) is 0 Å². The third kappa shape index (κ3) is 4.64. The summed E-state index contributed by atoms with van der Waals surface area (Å²) in [6, 6.07) is -0.370. The third-order valence-electron chi connectivity index (χ3n) is 3.20. The van der Waals surface area contributed by atoms with Gasteiger partial charge in [-0.2, -0.15) is 0 Å². The Morgan fingerprint density at radius 2 is 1.72 bits per heavy atom. The number of hydrogen-bond acceptors (Lipinski definition) is 3. The maximum absolute atomic E-state index is 12.4. The molecule has 18 heavy (non-hydrogen) atoms. The number of nitrogens with zero attached hydrogens (tertiary/aromatic N) is 2. The second-order valence-corrected chi connectivity index (χ2v) is 5.51. The predicted molar refractivity (Wildman–Crippen MR) is 71.1 cm³/mol. The van der Waals surface area contributed by atoms with Crippen molar-refractivity contribution >= 4 is 11.8 Å². The fraction of sp³-hybridized carbons (Fsp3) is 0.846. The monoisotopic (exact) mass is 255 g/mol. The number of hydrogen-bond donors (Lipinski definition) is 1. The Balaban J connectivity index is 2.60. The van der Waals surface area contributed by atoms with Crippen LogP contribution >= 0.6 is 0 Å². The van der Waals surface area contributed by atoms with Crippen LogP contribution in [-0.2, 0) is 9.59 Å². The number of piperazine rings is 1. The van der Waals surface area contributed by atoms with Gasteiger partial charge in [-0.05, 0) is 19.4 Å². The molecule has 5 nitrogen and oxygen atoms in total. The average Bonchev–Trinajstić information content (AvgIpc) is 2.27. The van der Waals surface area contributed by atoms with Crippen molar-refractivity contribution in [2.24, 2.45) is 5.92 Å². The van der Waals surface area contributed by atoms with Crippen molar-refractivity contribution in [3.05, 3.63) is 0 Å². The van der Waals surface area contributed by atoms with Crippen molar-refractivity contribution in [2.75, 3.05) is 33.2 Å². The van der Waals surface area contributed by atoms with Gasteiger partial charge in [-0.25, -0.2) is 0 Å². The summed E-state index contributed by atoms with van der Waals surface area (Å²) in [6.07, 6.45) is 0.699. The molecule has 1 heterocycles. The molecular weight excluding hydrogens is 230 g/mol. The lowest BCUT2D eigenvalue weighted by Crippen LogP contribution is -2.54. The van der Waals surface area contributed by atoms with Gasteiger partial charge < -0.3 is 15.1 Å². The molecule has 1 aliphatic rings. The molecular formula is C13H25N3O2. The summed E-state index contributed by atoms with van der Waals surface area (Å²) in [7, 11) is 2.06. The highest BCUT2D eigenvalue weighted by Crippen LogP contribution is 2.10. The summed E-state index contributed by atoms with van der Waals surface area (Å²) in [4.78, 5) is 27.6. The highest BCUT2D eigenvalue weighted by atomic mass is 16.2. The Morgan fingerprint density at radius 1 is 1.17 bits per heavy atom. The molecule has 2 amide bonds. The Hall–Kier alpha value is -1.10. The number of amides is 2. The van der Waals surface area contributed by atoms with E-state index in [0.717, 1.165) is 26.2 Å². The van der Waals surface area contributed by atoms with Gasteiger partial charge in [0.05, 0.1) is 0 Å². The van der Waals surface area contributed by atoms with Gasteiger partial charge in [0.25, 0.3) is 0 Å². The second-order valence-electron chi connectivity index (χ2n) is 5.51. The molecule has 1 saturated heterocycles. The summed E-state index contributed by atoms with van der Waals surface area (Å²) in [5.41, 5.74) is 0. The smallest absolute Gasteiger partial charge is 0.245 e. The van der Waals surface area contributed by atoms with Crippen LogP contribution in [0.2, 0.25) is 0 Å². The van der Waals surface area contributed by atoms with Crippen LogP contribution < -0.4 is 5.32 Å². The Labute approximate surface area is 110 Å². The van der Waals surface area contributed by atoms with Gasteiger partial charge in [0.15, 0.2) is 0 Å². The molecule has 0 radical (unpaired) electrons. The number of likely N-dealkylation sites (N-methyl/N-ethyl adjacent to an activating group) is 1. The van der Waals surface area contributed by atoms with E-state index in [1.165, 1.54) is 6.92 Å². The minimum absolute atomic E-state index is 0.0620. The van der Waals surface area contributed by atoms with Crippen molar-refractivity contribution in [1.29, 1.82) is 0 Å². The Kier molecular flexibility index (Phi) is 5.59. The topological polar surface area (TPSA) is 52.7 Å². The molecule has 0 bridgehead atoms. The fourth-order valence-corrected chi connectivity index (χ4v) is 2.19. The van der Waals surface area contributed by atoms with E-state index in [1.54, 1.807) is 0 Å². The minimum Gasteiger partial charge on any atom is -0.345 e. The normalized spacial score (nSPS) is 18.8. The van der Waals surface area contributed by atoms with Crippen molar-refractivity contribution < 1.29 is 9.59 Å². The largest absolute Gasteiger partial charge is 0.345 e. The van der Waals surface area contributed by atoms with Crippen LogP contribution in [0, 0.1) is 5.92 Å². The zero-order valence-corrected chi connectivity index (χ0v) is 11.9. The second kappa shape index (κ2) is 6.73. The molecule has 0 spiro atoms. The van der Waals surface area contributed by atoms with E-state index in [-0.39, 0.29) is 17.9 Å². The number of carbonyl (C=O) groups excluding carboxylic acids is 2. The molecule has 1 fully saturated rings. The Morgan fingerprint density at radius 3 is 2.17 bits per heavy atom. The highest BCUT2D eigenvalue weighted by molar-refractivity contribution is 5.86. The van der Waals surface area contributed by atoms with Crippen LogP contribution in [0.5, 0.6) is 0 Å². The summed E-state index contributed by atoms with van der Waals surface area (Å²) in [6.45, 7) is 8.90. The molecule has 1 N–H and O–H groups in total. The van der Waals surface area contributed by atoms with Crippen LogP contribution in [0.4, 0.5) is 0 Å². The van der Waals surface area contributed by atoms with Crippen molar-refractivity contribution in [3.8, 4) is 0 Å². The summed E-state index contributed by atoms with van der Waals surface area (Å²) >= 11 is 0. The SMILES string of the molecule is CC(=O)N[C@H](CC(C)C)C(=O)N1CCN(C)CC1. The van der Waals surface area contributed by atoms with E-state index in [9.17, 15) is 9.59 Å². The van der Waals surface area contributed by atoms with Crippen molar-refractivity contribution in [2.45, 2.75) is 33.2 Å². The number of carbonyl (C=O) groups is 2. The predicted octanol–water partition coefficient (Wildman–Crippen LogP) is 0.311. The summed E-state index contributed by atoms with van der Waals surface area (Å²) in [5.74, 6) is 0.313. The van der Waals surface area contributed by atoms with Gasteiger partial charge in [0.2, 0.25) is 11.8 Å². The molecule has 5 heteroatoms. The lowest BCUT2D eigenvalue weighted by Gasteiger charge is -2.35. The molecule has 0 aromatic carbocycles. The molecule has 0 aromatic heterocycles. The van der Waals surface area contributed by atoms with E-state index < -0.39 is 0 Å². The molecule has 0 aromatic rings. The van der Waals surface area contributed by atoms with Crippen LogP contribution in [-0.4, -0.2) is 60.9 Å². The molecule has 104 valence electrons. The first-order valence-electron chi connectivity index (χ1n) is 6.64. The van der Waals surface area contributed by atoms with Crippen LogP contribution in [0.15, 0.2) is 0 Å². The van der Waals surface area contributed by atoms with E-state index in [2.05, 4.69) is 31.1 Å². The van der Waals surface area contributed by atoms with Crippen molar-refractivity contribution in [1.82, 2.24) is 15.1 Å². The van der Waals surface area contributed by atoms with Crippen molar-refractivity contribution in [3.63, 3.8) is 0 Å². The van der Waals surface area contributed by atoms with Gasteiger partial charge in [0, 0.05) is 33.1 Å². The van der Waals surface area contributed by atoms with Crippen LogP contribution in [0.3, 0.4) is 0 Å². The quantitative estimate of drug-likeness (QED) is 0.786. The molecule has 1 aliphatic heterocycles. The maximum atomic E-state index is 12.4. The summed E-state index contributed by atoms with van der Waals surface area (Å²) in [5, 5.41) is 2.78. The fourth-order valence-electron chi connectivity index (χ4n) is 2.19. The molecule has 0 saturated carbocycles. The lowest BCUT2D eigenvalue weighted by atomic mass is 10.0. The Bertz CT molecular complexity index is 297. The first kappa shape index (κ1) is 15.0. The molecule has 1 rings (SSSR count). The third-order valence-corrected chi connectivity index (χ3v) is 3.20.